The minimum absolute atomic E-state index is 0.374. The Labute approximate surface area is 49.4 Å². The second-order valence-corrected chi connectivity index (χ2v) is 1.12. The van der Waals surface area contributed by atoms with Gasteiger partial charge >= 0.3 is 6.16 Å². The maximum atomic E-state index is 10.2. The summed E-state index contributed by atoms with van der Waals surface area (Å²) in [5, 5.41) is 0. The summed E-state index contributed by atoms with van der Waals surface area (Å²) in [7, 11) is 1.73. The number of rotatable bonds is 2. The molecule has 0 bridgehead atoms. The average Bonchev–Trinajstić information content (AvgIpc) is 1.68. The number of hydrogen-bond donors (Lipinski definition) is 0. The molecule has 0 unspecified atom stereocenters. The Morgan fingerprint density at radius 3 is 2.62 bits per heavy atom. The fourth-order valence-electron chi connectivity index (χ4n) is 0.277. The maximum absolute atomic E-state index is 10.2. The Bertz CT molecular complexity index is 65.7. The lowest BCUT2D eigenvalue weighted by atomic mass is 10.2. The molecule has 0 aliphatic rings. The molecule has 8 heavy (non-hydrogen) atoms. The van der Waals surface area contributed by atoms with E-state index in [1.54, 1.807) is 14.8 Å². The van der Waals surface area contributed by atoms with Gasteiger partial charge < -0.3 is 9.47 Å². The first-order valence-corrected chi connectivity index (χ1v) is 2.60. The number of hydrogen-bond acceptors (Lipinski definition) is 3. The van der Waals surface area contributed by atoms with E-state index in [2.05, 4.69) is 9.47 Å². The van der Waals surface area contributed by atoms with Crippen molar-refractivity contribution in [2.24, 2.45) is 0 Å². The summed E-state index contributed by atoms with van der Waals surface area (Å²) in [6, 6.07) is 0. The molecular formula is C4H9BO3. The van der Waals surface area contributed by atoms with Crippen molar-refractivity contribution in [3.8, 4) is 0 Å². The molecule has 46 valence electrons. The van der Waals surface area contributed by atoms with Crippen LogP contribution in [-0.4, -0.2) is 27.1 Å². The van der Waals surface area contributed by atoms with Crippen LogP contribution in [0.3, 0.4) is 0 Å². The van der Waals surface area contributed by atoms with Crippen molar-refractivity contribution in [1.82, 2.24) is 0 Å². The van der Waals surface area contributed by atoms with E-state index in [1.165, 1.54) is 0 Å². The Morgan fingerprint density at radius 2 is 2.25 bits per heavy atom. The standard InChI is InChI=1S/C4H9BO3/c1-2-7-4(6)8-3-5/h2-3,5H2,1H3. The van der Waals surface area contributed by atoms with Crippen LogP contribution in [0.2, 0.25) is 0 Å². The first kappa shape index (κ1) is 7.33. The Balaban J connectivity index is 3.06. The SMILES string of the molecule is BCOC(=O)OCC. The third-order valence-electron chi connectivity index (χ3n) is 0.524. The molecule has 0 N–H and O–H groups in total. The van der Waals surface area contributed by atoms with Gasteiger partial charge in [-0.2, -0.15) is 0 Å². The highest BCUT2D eigenvalue weighted by molar-refractivity contribution is 6.08. The van der Waals surface area contributed by atoms with E-state index in [4.69, 9.17) is 0 Å². The summed E-state index contributed by atoms with van der Waals surface area (Å²) >= 11 is 0. The highest BCUT2D eigenvalue weighted by Gasteiger charge is 1.96. The van der Waals surface area contributed by atoms with Gasteiger partial charge in [0.15, 0.2) is 7.85 Å². The van der Waals surface area contributed by atoms with Crippen LogP contribution in [0.15, 0.2) is 0 Å². The van der Waals surface area contributed by atoms with Crippen LogP contribution < -0.4 is 0 Å². The molecule has 0 aromatic carbocycles. The van der Waals surface area contributed by atoms with Gasteiger partial charge in [0.05, 0.1) is 13.1 Å². The van der Waals surface area contributed by atoms with Crippen molar-refractivity contribution < 1.29 is 14.3 Å². The summed E-state index contributed by atoms with van der Waals surface area (Å²) in [4.78, 5) is 10.2. The predicted octanol–water partition coefficient (Wildman–Crippen LogP) is -0.250. The van der Waals surface area contributed by atoms with Gasteiger partial charge in [0.2, 0.25) is 0 Å². The molecule has 0 radical (unpaired) electrons. The molecule has 0 fully saturated rings. The largest absolute Gasteiger partial charge is 0.507 e. The summed E-state index contributed by atoms with van der Waals surface area (Å²) in [6.07, 6.45) is -0.588. The second-order valence-electron chi connectivity index (χ2n) is 1.12. The minimum Gasteiger partial charge on any atom is -0.444 e. The molecule has 0 atom stereocenters. The van der Waals surface area contributed by atoms with Gasteiger partial charge in [-0.1, -0.05) is 0 Å². The van der Waals surface area contributed by atoms with Crippen LogP contribution in [0, 0.1) is 0 Å². The van der Waals surface area contributed by atoms with E-state index < -0.39 is 6.16 Å². The van der Waals surface area contributed by atoms with E-state index >= 15 is 0 Å². The normalized spacial score (nSPS) is 8.12. The lowest BCUT2D eigenvalue weighted by Gasteiger charge is -1.98. The van der Waals surface area contributed by atoms with E-state index in [9.17, 15) is 4.79 Å². The van der Waals surface area contributed by atoms with Gasteiger partial charge in [-0.3, -0.25) is 0 Å². The Hall–Kier alpha value is -0.665. The van der Waals surface area contributed by atoms with Gasteiger partial charge in [0, 0.05) is 0 Å². The zero-order valence-electron chi connectivity index (χ0n) is 5.14. The highest BCUT2D eigenvalue weighted by atomic mass is 16.7. The molecule has 0 spiro atoms. The predicted molar refractivity (Wildman–Crippen MR) is 31.5 cm³/mol. The van der Waals surface area contributed by atoms with Gasteiger partial charge in [-0.05, 0) is 6.92 Å². The molecular weight excluding hydrogens is 107 g/mol. The van der Waals surface area contributed by atoms with E-state index in [1.807, 2.05) is 0 Å². The van der Waals surface area contributed by atoms with E-state index in [0.29, 0.717) is 13.1 Å². The van der Waals surface area contributed by atoms with Crippen molar-refractivity contribution in [2.45, 2.75) is 6.92 Å². The number of ether oxygens (including phenoxy) is 2. The topological polar surface area (TPSA) is 35.5 Å². The van der Waals surface area contributed by atoms with Crippen molar-refractivity contribution in [1.29, 1.82) is 0 Å². The molecule has 0 saturated carbocycles. The third kappa shape index (κ3) is 3.52. The smallest absolute Gasteiger partial charge is 0.444 e. The van der Waals surface area contributed by atoms with Gasteiger partial charge in [-0.25, -0.2) is 4.79 Å². The van der Waals surface area contributed by atoms with Crippen molar-refractivity contribution in [2.75, 3.05) is 13.1 Å². The zero-order chi connectivity index (χ0) is 6.41. The lowest BCUT2D eigenvalue weighted by molar-refractivity contribution is 0.0719. The summed E-state index contributed by atoms with van der Waals surface area (Å²) in [5.74, 6) is 0. The highest BCUT2D eigenvalue weighted by Crippen LogP contribution is 1.80. The van der Waals surface area contributed by atoms with Crippen LogP contribution in [0.1, 0.15) is 6.92 Å². The van der Waals surface area contributed by atoms with Crippen LogP contribution in [0.5, 0.6) is 0 Å². The quantitative estimate of drug-likeness (QED) is 0.368. The van der Waals surface area contributed by atoms with Crippen molar-refractivity contribution in [3.05, 3.63) is 0 Å². The molecule has 0 amide bonds. The molecule has 4 heteroatoms. The fraction of sp³-hybridized carbons (Fsp3) is 0.750. The average molecular weight is 116 g/mol. The Kier molecular flexibility index (Phi) is 4.12. The molecule has 0 aliphatic carbocycles. The van der Waals surface area contributed by atoms with Crippen molar-refractivity contribution >= 4 is 14.0 Å². The first-order chi connectivity index (χ1) is 3.81. The lowest BCUT2D eigenvalue weighted by Crippen LogP contribution is -2.07. The maximum Gasteiger partial charge on any atom is 0.507 e. The van der Waals surface area contributed by atoms with Crippen LogP contribution >= 0.6 is 0 Å². The van der Waals surface area contributed by atoms with Crippen molar-refractivity contribution in [3.63, 3.8) is 0 Å². The number of carbonyl (C=O) groups is 1. The molecule has 0 saturated heterocycles. The van der Waals surface area contributed by atoms with E-state index in [-0.39, 0.29) is 0 Å². The summed E-state index contributed by atoms with van der Waals surface area (Å²) in [6.45, 7) is 2.48. The zero-order valence-corrected chi connectivity index (χ0v) is 5.14. The van der Waals surface area contributed by atoms with E-state index in [0.717, 1.165) is 0 Å². The molecule has 0 aromatic heterocycles. The Morgan fingerprint density at radius 1 is 1.62 bits per heavy atom. The second kappa shape index (κ2) is 4.49. The van der Waals surface area contributed by atoms with Gasteiger partial charge in [-0.15, -0.1) is 0 Å². The number of carbonyl (C=O) groups excluding carboxylic acids is 1. The minimum atomic E-state index is -0.588. The molecule has 3 nitrogen and oxygen atoms in total. The molecule has 0 rings (SSSR count). The van der Waals surface area contributed by atoms with Crippen LogP contribution in [0.4, 0.5) is 4.79 Å². The monoisotopic (exact) mass is 116 g/mol. The van der Waals surface area contributed by atoms with Crippen LogP contribution in [0.25, 0.3) is 0 Å². The van der Waals surface area contributed by atoms with Crippen LogP contribution in [-0.2, 0) is 9.47 Å². The molecule has 0 heterocycles. The van der Waals surface area contributed by atoms with Gasteiger partial charge in [0.25, 0.3) is 0 Å². The molecule has 0 aliphatic heterocycles. The van der Waals surface area contributed by atoms with Gasteiger partial charge in [0.1, 0.15) is 0 Å². The first-order valence-electron chi connectivity index (χ1n) is 2.60. The molecule has 0 aromatic rings. The fourth-order valence-corrected chi connectivity index (χ4v) is 0.277. The third-order valence-corrected chi connectivity index (χ3v) is 0.524. The summed E-state index contributed by atoms with van der Waals surface area (Å²) < 4.78 is 8.84. The summed E-state index contributed by atoms with van der Waals surface area (Å²) in [5.41, 5.74) is 0.